The number of hydrogen-bond acceptors (Lipinski definition) is 4. The second-order valence-corrected chi connectivity index (χ2v) is 10.8. The summed E-state index contributed by atoms with van der Waals surface area (Å²) in [4.78, 5) is 18.9. The fourth-order valence-corrected chi connectivity index (χ4v) is 5.85. The molecule has 5 nitrogen and oxygen atoms in total. The van der Waals surface area contributed by atoms with E-state index in [2.05, 4.69) is 28.9 Å². The third kappa shape index (κ3) is 4.77. The van der Waals surface area contributed by atoms with Gasteiger partial charge in [0.15, 0.2) is 0 Å². The number of amides is 1. The predicted octanol–water partition coefficient (Wildman–Crippen LogP) is 3.95. The molecular formula is C23H31AsN3O2. The predicted molar refractivity (Wildman–Crippen MR) is 120 cm³/mol. The molecular weight excluding hydrogens is 425 g/mol. The van der Waals surface area contributed by atoms with Crippen molar-refractivity contribution in [3.63, 3.8) is 0 Å². The van der Waals surface area contributed by atoms with Gasteiger partial charge in [-0.05, 0) is 0 Å². The van der Waals surface area contributed by atoms with Crippen LogP contribution in [0.3, 0.4) is 0 Å². The fraction of sp³-hybridized carbons (Fsp3) is 0.478. The molecule has 155 valence electrons. The van der Waals surface area contributed by atoms with Gasteiger partial charge in [0.25, 0.3) is 0 Å². The van der Waals surface area contributed by atoms with Crippen molar-refractivity contribution < 1.29 is 9.53 Å². The van der Waals surface area contributed by atoms with Gasteiger partial charge in [0, 0.05) is 14.1 Å². The molecule has 6 heteroatoms. The number of nitrogens with zero attached hydrogens (tertiary/aromatic N) is 2. The Kier molecular flexibility index (Phi) is 6.89. The number of ether oxygens (including phenoxy) is 1. The quantitative estimate of drug-likeness (QED) is 0.641. The number of carbonyl (C=O) groups excluding carboxylic acids is 1. The van der Waals surface area contributed by atoms with Crippen LogP contribution < -0.4 is 15.4 Å². The van der Waals surface area contributed by atoms with E-state index in [1.165, 1.54) is 0 Å². The average molecular weight is 456 g/mol. The van der Waals surface area contributed by atoms with Gasteiger partial charge in [-0.2, -0.15) is 0 Å². The van der Waals surface area contributed by atoms with Gasteiger partial charge in [-0.15, -0.1) is 0 Å². The first-order chi connectivity index (χ1) is 13.9. The number of benzene rings is 1. The van der Waals surface area contributed by atoms with Crippen LogP contribution in [0.5, 0.6) is 5.75 Å². The number of methoxy groups -OCH3 is 1. The van der Waals surface area contributed by atoms with Crippen molar-refractivity contribution in [2.24, 2.45) is 11.1 Å². The molecule has 3 rings (SSSR count). The van der Waals surface area contributed by atoms with Gasteiger partial charge in [0.1, 0.15) is 0 Å². The van der Waals surface area contributed by atoms with E-state index in [1.54, 1.807) is 7.11 Å². The number of nitrogens with two attached hydrogens (primary N) is 1. The van der Waals surface area contributed by atoms with Crippen molar-refractivity contribution in [3.05, 3.63) is 42.1 Å². The van der Waals surface area contributed by atoms with E-state index in [1.807, 2.05) is 37.3 Å². The molecule has 1 aromatic heterocycles. The van der Waals surface area contributed by atoms with Crippen LogP contribution >= 0.6 is 0 Å². The molecule has 1 aliphatic carbocycles. The summed E-state index contributed by atoms with van der Waals surface area (Å²) in [5.41, 5.74) is 11.0. The molecule has 1 amide bonds. The molecule has 1 saturated carbocycles. The van der Waals surface area contributed by atoms with Crippen LogP contribution in [0.4, 0.5) is 5.82 Å². The first-order valence-electron chi connectivity index (χ1n) is 10.1. The summed E-state index contributed by atoms with van der Waals surface area (Å²) in [6, 6.07) is 10.3. The molecule has 0 unspecified atom stereocenters. The first-order valence-corrected chi connectivity index (χ1v) is 13.0. The molecule has 1 radical (unpaired) electrons. The summed E-state index contributed by atoms with van der Waals surface area (Å²) < 4.78 is 6.44. The number of rotatable bonds is 7. The van der Waals surface area contributed by atoms with E-state index in [4.69, 9.17) is 10.5 Å². The molecule has 0 atom stereocenters. The summed E-state index contributed by atoms with van der Waals surface area (Å²) in [7, 11) is 5.65. The second-order valence-electron chi connectivity index (χ2n) is 8.13. The van der Waals surface area contributed by atoms with E-state index in [0.29, 0.717) is 22.2 Å². The van der Waals surface area contributed by atoms with Gasteiger partial charge in [0.2, 0.25) is 0 Å². The molecule has 1 aliphatic rings. The number of hydrogen-bond donors (Lipinski definition) is 1. The zero-order valence-electron chi connectivity index (χ0n) is 17.8. The van der Waals surface area contributed by atoms with Crippen molar-refractivity contribution in [3.8, 4) is 16.9 Å². The topological polar surface area (TPSA) is 68.4 Å². The SMILES string of the molecule is COc1ccc(-c2ccnc(N(C)C)c2)cc1CC1(C(N)=O)CCC([As]C)CC1. The van der Waals surface area contributed by atoms with Gasteiger partial charge in [-0.25, -0.2) is 0 Å². The van der Waals surface area contributed by atoms with E-state index < -0.39 is 5.41 Å². The van der Waals surface area contributed by atoms with Crippen molar-refractivity contribution in [1.29, 1.82) is 0 Å². The van der Waals surface area contributed by atoms with Crippen LogP contribution in [-0.4, -0.2) is 47.8 Å². The maximum atomic E-state index is 12.5. The third-order valence-corrected chi connectivity index (χ3v) is 8.76. The number of primary amides is 1. The van der Waals surface area contributed by atoms with Crippen molar-refractivity contribution >= 4 is 27.5 Å². The summed E-state index contributed by atoms with van der Waals surface area (Å²) in [6.45, 7) is 0. The van der Waals surface area contributed by atoms with Gasteiger partial charge >= 0.3 is 167 Å². The minimum absolute atomic E-state index is 0.172. The van der Waals surface area contributed by atoms with Crippen LogP contribution in [0, 0.1) is 5.41 Å². The Morgan fingerprint density at radius 3 is 2.52 bits per heavy atom. The molecule has 0 bridgehead atoms. The molecule has 1 heterocycles. The second kappa shape index (κ2) is 9.21. The molecule has 29 heavy (non-hydrogen) atoms. The maximum absolute atomic E-state index is 12.5. The zero-order chi connectivity index (χ0) is 21.0. The van der Waals surface area contributed by atoms with E-state index in [-0.39, 0.29) is 5.91 Å². The standard InChI is InChI=1S/C23H31AsN3O2/c1-24-19-7-10-23(11-8-19,22(25)28)15-18-13-16(5-6-20(18)29-4)17-9-12-26-21(14-17)27(2)3/h5-6,9,12-14,19H,7-8,10-11,15H2,1-4H3,(H2,25,28). The number of carbonyl (C=O) groups is 1. The molecule has 1 fully saturated rings. The molecule has 0 aliphatic heterocycles. The Bertz CT molecular complexity index is 861. The number of pyridine rings is 1. The molecule has 0 saturated heterocycles. The van der Waals surface area contributed by atoms with Gasteiger partial charge in [-0.3, -0.25) is 0 Å². The van der Waals surface area contributed by atoms with Crippen LogP contribution in [-0.2, 0) is 11.2 Å². The van der Waals surface area contributed by atoms with Gasteiger partial charge in [-0.1, -0.05) is 0 Å². The minimum atomic E-state index is -0.467. The molecule has 2 N–H and O–H groups in total. The third-order valence-electron chi connectivity index (χ3n) is 6.15. The van der Waals surface area contributed by atoms with E-state index in [9.17, 15) is 4.79 Å². The molecule has 2 aromatic rings. The molecule has 1 aromatic carbocycles. The Balaban J connectivity index is 1.95. The Morgan fingerprint density at radius 1 is 1.24 bits per heavy atom. The average Bonchev–Trinajstić information content (AvgIpc) is 2.74. The molecule has 0 spiro atoms. The van der Waals surface area contributed by atoms with Crippen LogP contribution in [0.2, 0.25) is 10.4 Å². The fourth-order valence-electron chi connectivity index (χ4n) is 4.23. The van der Waals surface area contributed by atoms with Gasteiger partial charge < -0.3 is 0 Å². The van der Waals surface area contributed by atoms with Crippen LogP contribution in [0.1, 0.15) is 31.2 Å². The first kappa shape index (κ1) is 21.7. The summed E-state index contributed by atoms with van der Waals surface area (Å²) >= 11 is 0.363. The zero-order valence-corrected chi connectivity index (χ0v) is 19.7. The van der Waals surface area contributed by atoms with Crippen LogP contribution in [0.25, 0.3) is 11.1 Å². The number of aromatic nitrogens is 1. The normalized spacial score (nSPS) is 22.0. The van der Waals surface area contributed by atoms with Crippen molar-refractivity contribution in [1.82, 2.24) is 4.98 Å². The Labute approximate surface area is 180 Å². The van der Waals surface area contributed by atoms with Gasteiger partial charge in [0.05, 0.1) is 0 Å². The Morgan fingerprint density at radius 2 is 1.93 bits per heavy atom. The van der Waals surface area contributed by atoms with Crippen LogP contribution in [0.15, 0.2) is 36.5 Å². The monoisotopic (exact) mass is 456 g/mol. The Hall–Kier alpha value is -2.00. The summed E-state index contributed by atoms with van der Waals surface area (Å²) in [5, 5.41) is 0. The van der Waals surface area contributed by atoms with E-state index in [0.717, 1.165) is 58.6 Å². The number of anilines is 1. The van der Waals surface area contributed by atoms with Crippen molar-refractivity contribution in [2.45, 2.75) is 42.5 Å². The van der Waals surface area contributed by atoms with Crippen molar-refractivity contribution in [2.75, 3.05) is 26.1 Å². The van der Waals surface area contributed by atoms with E-state index >= 15 is 0 Å². The summed E-state index contributed by atoms with van der Waals surface area (Å²) in [6.07, 6.45) is 6.44. The summed E-state index contributed by atoms with van der Waals surface area (Å²) in [5.74, 6) is 1.56.